The predicted molar refractivity (Wildman–Crippen MR) is 325 cm³/mol. The lowest BCUT2D eigenvalue weighted by Crippen LogP contribution is -2.30. The Morgan fingerprint density at radius 2 is 0.520 bits per heavy atom. The predicted octanol–water partition coefficient (Wildman–Crippen LogP) is 20.5. The molecular weight excluding hydrogens is 925 g/mol. The van der Waals surface area contributed by atoms with E-state index >= 15 is 0 Å². The van der Waals surface area contributed by atoms with E-state index in [0.717, 1.165) is 154 Å². The van der Waals surface area contributed by atoms with Gasteiger partial charge in [-0.1, -0.05) is 230 Å². The fourth-order valence-electron chi connectivity index (χ4n) is 7.56. The first-order chi connectivity index (χ1) is 37.0. The third-order valence-electron chi connectivity index (χ3n) is 12.0. The quantitative estimate of drug-likeness (QED) is 0.0261. The first-order valence-electron chi connectivity index (χ1n) is 30.0. The average molecular weight is 1030 g/mol. The van der Waals surface area contributed by atoms with E-state index in [9.17, 15) is 14.4 Å². The van der Waals surface area contributed by atoms with Gasteiger partial charge in [0.2, 0.25) is 0 Å². The molecule has 0 spiro atoms. The largest absolute Gasteiger partial charge is 0.462 e. The standard InChI is InChI=1S/C69H108O6/c1-4-7-10-13-16-19-22-25-27-29-30-31-32-33-34-35-36-37-38-40-41-44-47-50-53-56-59-62-68(71)74-65-66(64-73-67(70)61-58-55-52-49-46-43-24-21-18-15-12-9-6-3)75-69(72)63-60-57-54-51-48-45-42-39-28-26-23-20-17-14-11-8-5-2/h7-8,10-11,16-17,19-21,24-28,30-31,33-34,36-37,40-42,45,47,50,66H,4-6,9,12-15,18,22-23,29,32,35,38-39,43-44,46,48-49,51-65H2,1-3H3/b10-7-,11-8-,19-16-,20-17-,24-21-,27-25-,28-26-,31-30-,34-33-,37-36-,41-40-,45-42-,50-47-. The van der Waals surface area contributed by atoms with Gasteiger partial charge in [-0.05, 0) is 148 Å². The maximum absolute atomic E-state index is 12.9. The van der Waals surface area contributed by atoms with Crippen molar-refractivity contribution in [2.45, 2.75) is 245 Å². The number of rotatable bonds is 52. The summed E-state index contributed by atoms with van der Waals surface area (Å²) >= 11 is 0. The van der Waals surface area contributed by atoms with Crippen molar-refractivity contribution in [3.63, 3.8) is 0 Å². The fraction of sp³-hybridized carbons (Fsp3) is 0.580. The topological polar surface area (TPSA) is 78.9 Å². The highest BCUT2D eigenvalue weighted by Crippen LogP contribution is 2.13. The smallest absolute Gasteiger partial charge is 0.306 e. The summed E-state index contributed by atoms with van der Waals surface area (Å²) in [5.74, 6) is -0.998. The maximum Gasteiger partial charge on any atom is 0.306 e. The van der Waals surface area contributed by atoms with Gasteiger partial charge in [-0.25, -0.2) is 0 Å². The van der Waals surface area contributed by atoms with Crippen molar-refractivity contribution in [2.75, 3.05) is 13.2 Å². The third-order valence-corrected chi connectivity index (χ3v) is 12.0. The van der Waals surface area contributed by atoms with Crippen LogP contribution in [0.3, 0.4) is 0 Å². The van der Waals surface area contributed by atoms with Crippen LogP contribution >= 0.6 is 0 Å². The van der Waals surface area contributed by atoms with Crippen LogP contribution in [-0.4, -0.2) is 37.2 Å². The lowest BCUT2D eigenvalue weighted by atomic mass is 10.1. The van der Waals surface area contributed by atoms with E-state index in [1.165, 1.54) is 38.5 Å². The van der Waals surface area contributed by atoms with Gasteiger partial charge in [-0.15, -0.1) is 0 Å². The van der Waals surface area contributed by atoms with E-state index in [-0.39, 0.29) is 44.0 Å². The van der Waals surface area contributed by atoms with E-state index in [1.807, 2.05) is 0 Å². The Morgan fingerprint density at radius 1 is 0.280 bits per heavy atom. The zero-order valence-electron chi connectivity index (χ0n) is 48.0. The second kappa shape index (κ2) is 61.6. The van der Waals surface area contributed by atoms with Crippen molar-refractivity contribution in [2.24, 2.45) is 0 Å². The Bertz CT molecular complexity index is 1710. The van der Waals surface area contributed by atoms with Crippen molar-refractivity contribution >= 4 is 17.9 Å². The Hall–Kier alpha value is -4.97. The molecule has 0 aromatic carbocycles. The Kier molecular flexibility index (Phi) is 57.5. The van der Waals surface area contributed by atoms with Gasteiger partial charge in [0.25, 0.3) is 0 Å². The lowest BCUT2D eigenvalue weighted by molar-refractivity contribution is -0.167. The number of carbonyl (C=O) groups excluding carboxylic acids is 3. The minimum Gasteiger partial charge on any atom is -0.462 e. The second-order valence-corrected chi connectivity index (χ2v) is 19.1. The summed E-state index contributed by atoms with van der Waals surface area (Å²) in [6.45, 7) is 6.32. The summed E-state index contributed by atoms with van der Waals surface area (Å²) in [6, 6.07) is 0. The molecule has 1 unspecified atom stereocenters. The van der Waals surface area contributed by atoms with E-state index in [2.05, 4.69) is 179 Å². The third kappa shape index (κ3) is 59.8. The minimum absolute atomic E-state index is 0.113. The molecule has 420 valence electrons. The van der Waals surface area contributed by atoms with Crippen LogP contribution < -0.4 is 0 Å². The lowest BCUT2D eigenvalue weighted by Gasteiger charge is -2.18. The van der Waals surface area contributed by atoms with Crippen LogP contribution in [0.5, 0.6) is 0 Å². The highest BCUT2D eigenvalue weighted by Gasteiger charge is 2.19. The molecule has 6 heteroatoms. The number of unbranched alkanes of at least 4 members (excludes halogenated alkanes) is 15. The van der Waals surface area contributed by atoms with Gasteiger partial charge in [0.05, 0.1) is 0 Å². The van der Waals surface area contributed by atoms with Gasteiger partial charge in [0.15, 0.2) is 6.10 Å². The molecule has 0 aromatic heterocycles. The molecule has 75 heavy (non-hydrogen) atoms. The fourth-order valence-corrected chi connectivity index (χ4v) is 7.56. The Morgan fingerprint density at radius 3 is 0.853 bits per heavy atom. The van der Waals surface area contributed by atoms with Crippen LogP contribution in [0, 0.1) is 0 Å². The number of hydrogen-bond donors (Lipinski definition) is 0. The molecule has 0 saturated carbocycles. The first-order valence-corrected chi connectivity index (χ1v) is 30.0. The molecule has 0 rings (SSSR count). The molecule has 0 amide bonds. The van der Waals surface area contributed by atoms with Gasteiger partial charge in [-0.3, -0.25) is 14.4 Å². The van der Waals surface area contributed by atoms with Crippen LogP contribution in [0.25, 0.3) is 0 Å². The molecular formula is C69H108O6. The summed E-state index contributed by atoms with van der Waals surface area (Å²) < 4.78 is 16.8. The summed E-state index contributed by atoms with van der Waals surface area (Å²) in [5, 5.41) is 0. The minimum atomic E-state index is -0.821. The monoisotopic (exact) mass is 1030 g/mol. The van der Waals surface area contributed by atoms with E-state index in [1.54, 1.807) is 0 Å². The zero-order chi connectivity index (χ0) is 54.3. The van der Waals surface area contributed by atoms with Gasteiger partial charge in [-0.2, -0.15) is 0 Å². The molecule has 0 fully saturated rings. The summed E-state index contributed by atoms with van der Waals surface area (Å²) in [4.78, 5) is 38.2. The second-order valence-electron chi connectivity index (χ2n) is 19.1. The summed E-state index contributed by atoms with van der Waals surface area (Å²) in [6.07, 6.45) is 89.5. The van der Waals surface area contributed by atoms with Gasteiger partial charge >= 0.3 is 17.9 Å². The van der Waals surface area contributed by atoms with E-state index in [0.29, 0.717) is 12.8 Å². The molecule has 0 aliphatic rings. The van der Waals surface area contributed by atoms with Gasteiger partial charge in [0.1, 0.15) is 13.2 Å². The van der Waals surface area contributed by atoms with Crippen molar-refractivity contribution < 1.29 is 28.6 Å². The van der Waals surface area contributed by atoms with Crippen LogP contribution in [0.15, 0.2) is 158 Å². The number of ether oxygens (including phenoxy) is 3. The van der Waals surface area contributed by atoms with Gasteiger partial charge < -0.3 is 14.2 Å². The molecule has 0 bridgehead atoms. The number of allylic oxidation sites excluding steroid dienone is 26. The Balaban J connectivity index is 4.50. The van der Waals surface area contributed by atoms with E-state index < -0.39 is 6.10 Å². The van der Waals surface area contributed by atoms with Gasteiger partial charge in [0, 0.05) is 19.3 Å². The molecule has 0 saturated heterocycles. The zero-order valence-corrected chi connectivity index (χ0v) is 48.0. The first kappa shape index (κ1) is 70.0. The average Bonchev–Trinajstić information content (AvgIpc) is 3.41. The summed E-state index contributed by atoms with van der Waals surface area (Å²) in [7, 11) is 0. The van der Waals surface area contributed by atoms with Crippen LogP contribution in [0.2, 0.25) is 0 Å². The number of esters is 3. The molecule has 0 heterocycles. The number of hydrogen-bond acceptors (Lipinski definition) is 6. The SMILES string of the molecule is CC/C=C\C/C=C\C/C=C\C/C=C\C/C=C\C/C=C\C/C=C\C/C=C\CCCCC(=O)OCC(COC(=O)CCCCCCC/C=C\CCCCCC)OC(=O)CCCCCC/C=C\C/C=C\C/C=C\C/C=C\CC. The molecule has 0 aliphatic heterocycles. The van der Waals surface area contributed by atoms with Crippen molar-refractivity contribution in [3.05, 3.63) is 158 Å². The molecule has 0 aliphatic carbocycles. The molecule has 0 radical (unpaired) electrons. The maximum atomic E-state index is 12.9. The molecule has 0 aromatic rings. The van der Waals surface area contributed by atoms with Crippen LogP contribution in [-0.2, 0) is 28.6 Å². The Labute approximate surface area is 460 Å². The molecule has 1 atom stereocenters. The highest BCUT2D eigenvalue weighted by molar-refractivity contribution is 5.71. The van der Waals surface area contributed by atoms with Crippen molar-refractivity contribution in [1.29, 1.82) is 0 Å². The highest BCUT2D eigenvalue weighted by atomic mass is 16.6. The van der Waals surface area contributed by atoms with E-state index in [4.69, 9.17) is 14.2 Å². The van der Waals surface area contributed by atoms with Crippen molar-refractivity contribution in [3.8, 4) is 0 Å². The molecule has 0 N–H and O–H groups in total. The molecule has 6 nitrogen and oxygen atoms in total. The summed E-state index contributed by atoms with van der Waals surface area (Å²) in [5.41, 5.74) is 0. The van der Waals surface area contributed by atoms with Crippen LogP contribution in [0.1, 0.15) is 239 Å². The van der Waals surface area contributed by atoms with Crippen molar-refractivity contribution in [1.82, 2.24) is 0 Å². The normalized spacial score (nSPS) is 13.3. The van der Waals surface area contributed by atoms with Crippen LogP contribution in [0.4, 0.5) is 0 Å². The number of carbonyl (C=O) groups is 3.